The molecule has 0 saturated carbocycles. The van der Waals surface area contributed by atoms with Gasteiger partial charge < -0.3 is 14.7 Å². The highest BCUT2D eigenvalue weighted by Gasteiger charge is 2.35. The predicted octanol–water partition coefficient (Wildman–Crippen LogP) is 4.03. The summed E-state index contributed by atoms with van der Waals surface area (Å²) < 4.78 is 18.2. The fourth-order valence-corrected chi connectivity index (χ4v) is 3.77. The van der Waals surface area contributed by atoms with Crippen LogP contribution in [0.1, 0.15) is 56.3 Å². The van der Waals surface area contributed by atoms with Gasteiger partial charge in [-0.3, -0.25) is 9.59 Å². The highest BCUT2D eigenvalue weighted by atomic mass is 19.1. The summed E-state index contributed by atoms with van der Waals surface area (Å²) in [5.74, 6) is 0.406. The number of benzene rings is 1. The summed E-state index contributed by atoms with van der Waals surface area (Å²) in [5.41, 5.74) is 0.954. The molecule has 6 nitrogen and oxygen atoms in total. The average molecular weight is 387 g/mol. The second-order valence-corrected chi connectivity index (χ2v) is 7.30. The zero-order valence-corrected chi connectivity index (χ0v) is 16.3. The molecular weight excluding hydrogens is 361 g/mol. The number of nitrogens with one attached hydrogen (secondary N) is 1. The van der Waals surface area contributed by atoms with Gasteiger partial charge in [-0.05, 0) is 49.8 Å². The Morgan fingerprint density at radius 3 is 2.75 bits per heavy atom. The SMILES string of the molecule is CCCC(CC(=O)N1CCC[C@H]1C(=O)Nc1cc(C)on1)c1ccc(F)cc1. The highest BCUT2D eigenvalue weighted by molar-refractivity contribution is 5.97. The Balaban J connectivity index is 1.67. The molecule has 1 aliphatic rings. The fraction of sp³-hybridized carbons (Fsp3) is 0.476. The lowest BCUT2D eigenvalue weighted by Crippen LogP contribution is -2.43. The number of amides is 2. The molecule has 1 unspecified atom stereocenters. The number of carbonyl (C=O) groups is 2. The molecule has 1 saturated heterocycles. The number of hydrogen-bond acceptors (Lipinski definition) is 4. The van der Waals surface area contributed by atoms with Crippen LogP contribution >= 0.6 is 0 Å². The summed E-state index contributed by atoms with van der Waals surface area (Å²) in [7, 11) is 0. The van der Waals surface area contributed by atoms with Crippen molar-refractivity contribution < 1.29 is 18.5 Å². The lowest BCUT2D eigenvalue weighted by atomic mass is 9.91. The number of anilines is 1. The van der Waals surface area contributed by atoms with Gasteiger partial charge in [-0.1, -0.05) is 30.6 Å². The largest absolute Gasteiger partial charge is 0.360 e. The summed E-state index contributed by atoms with van der Waals surface area (Å²) in [4.78, 5) is 27.3. The molecule has 2 atom stereocenters. The van der Waals surface area contributed by atoms with Crippen molar-refractivity contribution in [3.63, 3.8) is 0 Å². The smallest absolute Gasteiger partial charge is 0.248 e. The van der Waals surface area contributed by atoms with Crippen molar-refractivity contribution in [3.8, 4) is 0 Å². The number of aryl methyl sites for hydroxylation is 1. The Hall–Kier alpha value is -2.70. The van der Waals surface area contributed by atoms with Crippen LogP contribution in [0.25, 0.3) is 0 Å². The highest BCUT2D eigenvalue weighted by Crippen LogP contribution is 2.28. The van der Waals surface area contributed by atoms with E-state index in [-0.39, 0.29) is 23.5 Å². The molecule has 1 aromatic carbocycles. The Kier molecular flexibility index (Phi) is 6.44. The predicted molar refractivity (Wildman–Crippen MR) is 103 cm³/mol. The maximum atomic E-state index is 13.2. The molecule has 3 rings (SSSR count). The van der Waals surface area contributed by atoms with E-state index in [0.29, 0.717) is 31.0 Å². The molecule has 1 aliphatic heterocycles. The van der Waals surface area contributed by atoms with Gasteiger partial charge in [0.05, 0.1) is 0 Å². The molecule has 0 aliphatic carbocycles. The summed E-state index contributed by atoms with van der Waals surface area (Å²) in [5, 5.41) is 6.50. The van der Waals surface area contributed by atoms with E-state index in [1.807, 2.05) is 0 Å². The number of carbonyl (C=O) groups excluding carboxylic acids is 2. The van der Waals surface area contributed by atoms with Gasteiger partial charge in [0.2, 0.25) is 11.8 Å². The number of likely N-dealkylation sites (tertiary alicyclic amines) is 1. The Labute approximate surface area is 164 Å². The van der Waals surface area contributed by atoms with E-state index < -0.39 is 6.04 Å². The second-order valence-electron chi connectivity index (χ2n) is 7.30. The standard InChI is InChI=1S/C21H26FN3O3/c1-3-5-16(15-7-9-17(22)10-8-15)13-20(26)25-11-4-6-18(25)21(27)23-19-12-14(2)28-24-19/h7-10,12,16,18H,3-6,11,13H2,1-2H3,(H,23,24,27)/t16?,18-/m0/s1. The molecule has 1 fully saturated rings. The molecular formula is C21H26FN3O3. The minimum Gasteiger partial charge on any atom is -0.360 e. The van der Waals surface area contributed by atoms with Crippen molar-refractivity contribution in [1.29, 1.82) is 0 Å². The first-order valence-corrected chi connectivity index (χ1v) is 9.77. The summed E-state index contributed by atoms with van der Waals surface area (Å²) in [6, 6.07) is 7.47. The van der Waals surface area contributed by atoms with Crippen molar-refractivity contribution in [2.75, 3.05) is 11.9 Å². The van der Waals surface area contributed by atoms with Crippen molar-refractivity contribution >= 4 is 17.6 Å². The van der Waals surface area contributed by atoms with Crippen molar-refractivity contribution in [1.82, 2.24) is 10.1 Å². The topological polar surface area (TPSA) is 75.4 Å². The third-order valence-corrected chi connectivity index (χ3v) is 5.15. The molecule has 2 aromatic rings. The first-order chi connectivity index (χ1) is 13.5. The number of halogens is 1. The van der Waals surface area contributed by atoms with E-state index in [0.717, 1.165) is 24.8 Å². The van der Waals surface area contributed by atoms with Crippen molar-refractivity contribution in [3.05, 3.63) is 47.5 Å². The second kappa shape index (κ2) is 8.99. The van der Waals surface area contributed by atoms with Gasteiger partial charge in [-0.2, -0.15) is 0 Å². The van der Waals surface area contributed by atoms with Gasteiger partial charge in [0.25, 0.3) is 0 Å². The zero-order valence-electron chi connectivity index (χ0n) is 16.3. The monoisotopic (exact) mass is 387 g/mol. The maximum absolute atomic E-state index is 13.2. The number of rotatable bonds is 7. The molecule has 1 N–H and O–H groups in total. The average Bonchev–Trinajstić information content (AvgIpc) is 3.31. The van der Waals surface area contributed by atoms with Gasteiger partial charge in [-0.15, -0.1) is 0 Å². The summed E-state index contributed by atoms with van der Waals surface area (Å²) in [6.45, 7) is 4.38. The van der Waals surface area contributed by atoms with Gasteiger partial charge in [0, 0.05) is 19.0 Å². The van der Waals surface area contributed by atoms with Crippen LogP contribution in [0.2, 0.25) is 0 Å². The fourth-order valence-electron chi connectivity index (χ4n) is 3.77. The third-order valence-electron chi connectivity index (χ3n) is 5.15. The number of aromatic nitrogens is 1. The molecule has 0 bridgehead atoms. The first-order valence-electron chi connectivity index (χ1n) is 9.77. The van der Waals surface area contributed by atoms with E-state index >= 15 is 0 Å². The molecule has 28 heavy (non-hydrogen) atoms. The third kappa shape index (κ3) is 4.77. The van der Waals surface area contributed by atoms with E-state index in [2.05, 4.69) is 17.4 Å². The van der Waals surface area contributed by atoms with Crippen LogP contribution in [0.4, 0.5) is 10.2 Å². The molecule has 2 amide bonds. The van der Waals surface area contributed by atoms with Crippen LogP contribution in [0.5, 0.6) is 0 Å². The van der Waals surface area contributed by atoms with E-state index in [4.69, 9.17) is 4.52 Å². The summed E-state index contributed by atoms with van der Waals surface area (Å²) >= 11 is 0. The van der Waals surface area contributed by atoms with Crippen LogP contribution in [0.3, 0.4) is 0 Å². The number of nitrogens with zero attached hydrogens (tertiary/aromatic N) is 2. The molecule has 7 heteroatoms. The molecule has 2 heterocycles. The minimum absolute atomic E-state index is 0.0144. The van der Waals surface area contributed by atoms with Crippen LogP contribution in [0.15, 0.2) is 34.9 Å². The van der Waals surface area contributed by atoms with E-state index in [9.17, 15) is 14.0 Å². The van der Waals surface area contributed by atoms with Crippen LogP contribution < -0.4 is 5.32 Å². The van der Waals surface area contributed by atoms with Gasteiger partial charge in [-0.25, -0.2) is 4.39 Å². The summed E-state index contributed by atoms with van der Waals surface area (Å²) in [6.07, 6.45) is 3.48. The van der Waals surface area contributed by atoms with Crippen molar-refractivity contribution in [2.24, 2.45) is 0 Å². The maximum Gasteiger partial charge on any atom is 0.248 e. The Morgan fingerprint density at radius 1 is 1.36 bits per heavy atom. The first kappa shape index (κ1) is 20.0. The van der Waals surface area contributed by atoms with Crippen molar-refractivity contribution in [2.45, 2.75) is 57.9 Å². The van der Waals surface area contributed by atoms with Gasteiger partial charge >= 0.3 is 0 Å². The van der Waals surface area contributed by atoms with Gasteiger partial charge in [0.15, 0.2) is 5.82 Å². The Morgan fingerprint density at radius 2 is 2.11 bits per heavy atom. The Bertz CT molecular complexity index is 819. The lowest BCUT2D eigenvalue weighted by molar-refractivity contribution is -0.137. The normalized spacial score (nSPS) is 17.5. The quantitative estimate of drug-likeness (QED) is 0.778. The van der Waals surface area contributed by atoms with E-state index in [1.165, 1.54) is 12.1 Å². The molecule has 0 radical (unpaired) electrons. The van der Waals surface area contributed by atoms with Crippen LogP contribution in [-0.2, 0) is 9.59 Å². The molecule has 1 aromatic heterocycles. The van der Waals surface area contributed by atoms with Gasteiger partial charge in [0.1, 0.15) is 17.6 Å². The van der Waals surface area contributed by atoms with E-state index in [1.54, 1.807) is 30.0 Å². The van der Waals surface area contributed by atoms with Crippen LogP contribution in [0, 0.1) is 12.7 Å². The molecule has 150 valence electrons. The lowest BCUT2D eigenvalue weighted by Gasteiger charge is -2.26. The minimum atomic E-state index is -0.500. The molecule has 0 spiro atoms. The van der Waals surface area contributed by atoms with Crippen LogP contribution in [-0.4, -0.2) is 34.5 Å². The zero-order chi connectivity index (χ0) is 20.1. The number of hydrogen-bond donors (Lipinski definition) is 1.